The monoisotopic (exact) mass is 323 g/mol. The van der Waals surface area contributed by atoms with Crippen LogP contribution in [0.25, 0.3) is 0 Å². The van der Waals surface area contributed by atoms with E-state index < -0.39 is 0 Å². The van der Waals surface area contributed by atoms with Gasteiger partial charge in [0.15, 0.2) is 0 Å². The fraction of sp³-hybridized carbons (Fsp3) is 0.231. The standard InChI is InChI=1S/C13H14BrN3S/c1-9(15)13(10-2-4-11(14)5-3-10)18-12-8-16-6-7-17-12/h2-9,13H,15H2,1H3. The molecule has 0 spiro atoms. The second-order valence-electron chi connectivity index (χ2n) is 3.99. The van der Waals surface area contributed by atoms with Crippen molar-refractivity contribution < 1.29 is 0 Å². The van der Waals surface area contributed by atoms with Crippen LogP contribution in [-0.4, -0.2) is 16.0 Å². The van der Waals surface area contributed by atoms with Crippen molar-refractivity contribution in [1.29, 1.82) is 0 Å². The average Bonchev–Trinajstić information content (AvgIpc) is 2.38. The third-order valence-electron chi connectivity index (χ3n) is 2.46. The van der Waals surface area contributed by atoms with Crippen LogP contribution in [0.1, 0.15) is 17.7 Å². The van der Waals surface area contributed by atoms with Gasteiger partial charge in [0, 0.05) is 22.9 Å². The van der Waals surface area contributed by atoms with Gasteiger partial charge in [0.25, 0.3) is 0 Å². The summed E-state index contributed by atoms with van der Waals surface area (Å²) in [5, 5.41) is 1.07. The summed E-state index contributed by atoms with van der Waals surface area (Å²) in [5.74, 6) is 0. The maximum Gasteiger partial charge on any atom is 0.115 e. The summed E-state index contributed by atoms with van der Waals surface area (Å²) in [7, 11) is 0. The van der Waals surface area contributed by atoms with Gasteiger partial charge in [-0.1, -0.05) is 39.8 Å². The number of hydrogen-bond acceptors (Lipinski definition) is 4. The number of nitrogens with zero attached hydrogens (tertiary/aromatic N) is 2. The Balaban J connectivity index is 2.21. The van der Waals surface area contributed by atoms with Gasteiger partial charge in [0.1, 0.15) is 5.03 Å². The van der Waals surface area contributed by atoms with E-state index in [0.29, 0.717) is 0 Å². The van der Waals surface area contributed by atoms with Crippen molar-refractivity contribution in [3.63, 3.8) is 0 Å². The first-order valence-electron chi connectivity index (χ1n) is 5.60. The van der Waals surface area contributed by atoms with E-state index in [1.807, 2.05) is 19.1 Å². The topological polar surface area (TPSA) is 51.8 Å². The van der Waals surface area contributed by atoms with Gasteiger partial charge < -0.3 is 5.73 Å². The lowest BCUT2D eigenvalue weighted by atomic mass is 10.1. The van der Waals surface area contributed by atoms with E-state index in [-0.39, 0.29) is 11.3 Å². The highest BCUT2D eigenvalue weighted by molar-refractivity contribution is 9.10. The lowest BCUT2D eigenvalue weighted by Crippen LogP contribution is -2.22. The van der Waals surface area contributed by atoms with E-state index in [1.165, 1.54) is 5.56 Å². The van der Waals surface area contributed by atoms with Crippen molar-refractivity contribution in [2.75, 3.05) is 0 Å². The van der Waals surface area contributed by atoms with Gasteiger partial charge in [-0.15, -0.1) is 0 Å². The molecule has 2 N–H and O–H groups in total. The zero-order chi connectivity index (χ0) is 13.0. The van der Waals surface area contributed by atoms with Crippen molar-refractivity contribution in [2.24, 2.45) is 5.73 Å². The highest BCUT2D eigenvalue weighted by Gasteiger charge is 2.18. The summed E-state index contributed by atoms with van der Waals surface area (Å²) >= 11 is 5.08. The van der Waals surface area contributed by atoms with Crippen LogP contribution < -0.4 is 5.73 Å². The Bertz CT molecular complexity index is 487. The molecule has 94 valence electrons. The molecule has 0 saturated heterocycles. The van der Waals surface area contributed by atoms with E-state index in [0.717, 1.165) is 9.50 Å². The molecule has 2 atom stereocenters. The Kier molecular flexibility index (Phi) is 4.74. The first-order valence-corrected chi connectivity index (χ1v) is 7.28. The number of thioether (sulfide) groups is 1. The van der Waals surface area contributed by atoms with Gasteiger partial charge >= 0.3 is 0 Å². The lowest BCUT2D eigenvalue weighted by molar-refractivity contribution is 0.719. The molecule has 1 aromatic carbocycles. The molecule has 0 aliphatic carbocycles. The fourth-order valence-electron chi connectivity index (χ4n) is 1.61. The number of halogens is 1. The molecule has 5 heteroatoms. The molecule has 2 unspecified atom stereocenters. The van der Waals surface area contributed by atoms with Crippen LogP contribution in [0.15, 0.2) is 52.4 Å². The Morgan fingerprint density at radius 3 is 2.50 bits per heavy atom. The first kappa shape index (κ1) is 13.5. The summed E-state index contributed by atoms with van der Waals surface area (Å²) in [5.41, 5.74) is 7.27. The maximum absolute atomic E-state index is 6.07. The van der Waals surface area contributed by atoms with E-state index in [1.54, 1.807) is 30.4 Å². The molecular weight excluding hydrogens is 310 g/mol. The van der Waals surface area contributed by atoms with E-state index >= 15 is 0 Å². The van der Waals surface area contributed by atoms with Gasteiger partial charge in [-0.3, -0.25) is 4.98 Å². The minimum absolute atomic E-state index is 0.0400. The number of aromatic nitrogens is 2. The second kappa shape index (κ2) is 6.31. The smallest absolute Gasteiger partial charge is 0.115 e. The molecule has 0 amide bonds. The molecule has 0 radical (unpaired) electrons. The van der Waals surface area contributed by atoms with Crippen LogP contribution >= 0.6 is 27.7 Å². The number of rotatable bonds is 4. The molecule has 0 saturated carbocycles. The molecule has 2 aromatic rings. The summed E-state index contributed by atoms with van der Waals surface area (Å²) in [4.78, 5) is 8.35. The molecule has 0 aliphatic heterocycles. The predicted octanol–water partition coefficient (Wildman–Crippen LogP) is 3.42. The molecule has 0 aliphatic rings. The third kappa shape index (κ3) is 3.54. The summed E-state index contributed by atoms with van der Waals surface area (Å²) in [6, 6.07) is 8.27. The zero-order valence-electron chi connectivity index (χ0n) is 9.95. The minimum atomic E-state index is 0.0400. The summed E-state index contributed by atoms with van der Waals surface area (Å²) in [6.07, 6.45) is 5.13. The van der Waals surface area contributed by atoms with Crippen molar-refractivity contribution in [3.05, 3.63) is 52.9 Å². The largest absolute Gasteiger partial charge is 0.327 e. The average molecular weight is 324 g/mol. The van der Waals surface area contributed by atoms with E-state index in [9.17, 15) is 0 Å². The highest BCUT2D eigenvalue weighted by Crippen LogP contribution is 2.36. The zero-order valence-corrected chi connectivity index (χ0v) is 12.4. The van der Waals surface area contributed by atoms with Crippen molar-refractivity contribution in [3.8, 4) is 0 Å². The second-order valence-corrected chi connectivity index (χ2v) is 6.07. The quantitative estimate of drug-likeness (QED) is 0.876. The number of hydrogen-bond donors (Lipinski definition) is 1. The highest BCUT2D eigenvalue weighted by atomic mass is 79.9. The molecule has 1 heterocycles. The van der Waals surface area contributed by atoms with Gasteiger partial charge in [-0.2, -0.15) is 0 Å². The van der Waals surface area contributed by atoms with Crippen molar-refractivity contribution in [1.82, 2.24) is 9.97 Å². The predicted molar refractivity (Wildman–Crippen MR) is 78.4 cm³/mol. The normalized spacial score (nSPS) is 14.2. The summed E-state index contributed by atoms with van der Waals surface area (Å²) < 4.78 is 1.07. The van der Waals surface area contributed by atoms with Gasteiger partial charge in [-0.05, 0) is 24.6 Å². The summed E-state index contributed by atoms with van der Waals surface area (Å²) in [6.45, 7) is 2.01. The van der Waals surface area contributed by atoms with Crippen LogP contribution in [-0.2, 0) is 0 Å². The van der Waals surface area contributed by atoms with Gasteiger partial charge in [0.2, 0.25) is 0 Å². The maximum atomic E-state index is 6.07. The fourth-order valence-corrected chi connectivity index (χ4v) is 2.88. The van der Waals surface area contributed by atoms with Crippen molar-refractivity contribution in [2.45, 2.75) is 23.2 Å². The Morgan fingerprint density at radius 2 is 1.94 bits per heavy atom. The Labute approximate surface area is 119 Å². The van der Waals surface area contributed by atoms with Gasteiger partial charge in [0.05, 0.1) is 11.4 Å². The van der Waals surface area contributed by atoms with Crippen LogP contribution in [0, 0.1) is 0 Å². The number of benzene rings is 1. The molecule has 0 fully saturated rings. The van der Waals surface area contributed by atoms with Crippen LogP contribution in [0.5, 0.6) is 0 Å². The molecule has 18 heavy (non-hydrogen) atoms. The Morgan fingerprint density at radius 1 is 1.22 bits per heavy atom. The van der Waals surface area contributed by atoms with E-state index in [4.69, 9.17) is 5.73 Å². The van der Waals surface area contributed by atoms with Gasteiger partial charge in [-0.25, -0.2) is 4.98 Å². The lowest BCUT2D eigenvalue weighted by Gasteiger charge is -2.20. The number of nitrogens with two attached hydrogens (primary N) is 1. The van der Waals surface area contributed by atoms with Crippen molar-refractivity contribution >= 4 is 27.7 Å². The SMILES string of the molecule is CC(N)C(Sc1cnccn1)c1ccc(Br)cc1. The molecule has 0 bridgehead atoms. The van der Waals surface area contributed by atoms with E-state index in [2.05, 4.69) is 38.0 Å². The molecule has 2 rings (SSSR count). The Hall–Kier alpha value is -0.910. The van der Waals surface area contributed by atoms with Crippen LogP contribution in [0.4, 0.5) is 0 Å². The van der Waals surface area contributed by atoms with Crippen LogP contribution in [0.3, 0.4) is 0 Å². The third-order valence-corrected chi connectivity index (χ3v) is 4.40. The first-order chi connectivity index (χ1) is 8.66. The molecular formula is C13H14BrN3S. The molecule has 1 aromatic heterocycles. The minimum Gasteiger partial charge on any atom is -0.327 e. The molecule has 3 nitrogen and oxygen atoms in total. The van der Waals surface area contributed by atoms with Crippen LogP contribution in [0.2, 0.25) is 0 Å².